The van der Waals surface area contributed by atoms with Gasteiger partial charge in [-0.15, -0.1) is 0 Å². The minimum atomic E-state index is -4.03. The van der Waals surface area contributed by atoms with Crippen LogP contribution in [0.25, 0.3) is 20.9 Å². The van der Waals surface area contributed by atoms with Gasteiger partial charge in [-0.25, -0.2) is 18.8 Å². The fourth-order valence-corrected chi connectivity index (χ4v) is 6.32. The van der Waals surface area contributed by atoms with Crippen LogP contribution in [-0.4, -0.2) is 56.6 Å². The molecule has 0 saturated heterocycles. The number of azide groups is 2. The summed E-state index contributed by atoms with van der Waals surface area (Å²) < 4.78 is 51.1. The fourth-order valence-electron chi connectivity index (χ4n) is 4.42. The van der Waals surface area contributed by atoms with E-state index < -0.39 is 47.9 Å². The van der Waals surface area contributed by atoms with Gasteiger partial charge in [0.1, 0.15) is 0 Å². The zero-order valence-electron chi connectivity index (χ0n) is 23.7. The molecule has 5 N–H and O–H groups in total. The molecule has 21 heteroatoms. The quantitative estimate of drug-likeness (QED) is 0.0672. The van der Waals surface area contributed by atoms with Crippen molar-refractivity contribution in [2.75, 3.05) is 0 Å². The maximum absolute atomic E-state index is 12.2. The Morgan fingerprint density at radius 1 is 0.756 bits per heavy atom. The van der Waals surface area contributed by atoms with Crippen molar-refractivity contribution in [3.8, 4) is 0 Å². The first-order chi connectivity index (χ1) is 21.2. The summed E-state index contributed by atoms with van der Waals surface area (Å²) in [7, 11) is -2.78. The van der Waals surface area contributed by atoms with E-state index in [0.717, 1.165) is 50.7 Å². The van der Waals surface area contributed by atoms with Crippen molar-refractivity contribution in [3.63, 3.8) is 0 Å². The molecule has 4 rings (SSSR count). The predicted octanol–water partition coefficient (Wildman–Crippen LogP) is 3.03. The fraction of sp³-hybridized carbons (Fsp3) is 0.500. The van der Waals surface area contributed by atoms with Crippen molar-refractivity contribution in [3.05, 3.63) is 79.8 Å². The summed E-state index contributed by atoms with van der Waals surface area (Å²) in [5.41, 5.74) is 16.6. The highest BCUT2D eigenvalue weighted by Gasteiger charge is 2.30. The Hall–Kier alpha value is -3.07. The summed E-state index contributed by atoms with van der Waals surface area (Å²) in [6, 6.07) is 8.74. The van der Waals surface area contributed by atoms with E-state index in [-0.39, 0.29) is 27.2 Å². The lowest BCUT2D eigenvalue weighted by molar-refractivity contribution is -0.991. The second kappa shape index (κ2) is 18.2. The monoisotopic (exact) mass is 692 g/mol. The van der Waals surface area contributed by atoms with E-state index in [1.54, 1.807) is 0 Å². The largest absolute Gasteiger partial charge is 0.595 e. The number of hydrogen-bond donors (Lipinski definition) is 5. The third-order valence-electron chi connectivity index (χ3n) is 6.78. The van der Waals surface area contributed by atoms with Gasteiger partial charge in [-0.3, -0.25) is 4.18 Å². The van der Waals surface area contributed by atoms with Crippen LogP contribution in [0.1, 0.15) is 51.4 Å². The van der Waals surface area contributed by atoms with Gasteiger partial charge in [0, 0.05) is 44.8 Å². The average molecular weight is 693 g/mol. The molecule has 2 aliphatic carbocycles. The summed E-state index contributed by atoms with van der Waals surface area (Å²) in [5.74, 6) is 0. The molecule has 2 fully saturated rings. The molecule has 0 amide bonds. The Labute approximate surface area is 263 Å². The Morgan fingerprint density at radius 3 is 1.62 bits per heavy atom. The summed E-state index contributed by atoms with van der Waals surface area (Å²) in [4.78, 5) is 5.17. The van der Waals surface area contributed by atoms with E-state index in [1.807, 2.05) is 0 Å². The number of halogens is 1. The highest BCUT2D eigenvalue weighted by atomic mass is 35.7. The van der Waals surface area contributed by atoms with Crippen LogP contribution < -0.4 is 10.5 Å². The van der Waals surface area contributed by atoms with Gasteiger partial charge >= 0.3 is 0 Å². The summed E-state index contributed by atoms with van der Waals surface area (Å²) in [5, 5.41) is 52.5. The molecule has 0 aliphatic heterocycles. The number of nitrogens with zero attached hydrogens (tertiary/aromatic N) is 6. The van der Waals surface area contributed by atoms with E-state index in [4.69, 9.17) is 36.3 Å². The molecule has 0 spiro atoms. The summed E-state index contributed by atoms with van der Waals surface area (Å²) >= 11 is 0. The third-order valence-corrected chi connectivity index (χ3v) is 9.50. The SMILES string of the molecule is O=S(=O)(Cl)c1ccc([NH+]([O-])O)cc1.[N-]=[N+]=N[C@@H]1CCCC[C@H]1O.[N-]=[N+]=N[C@@H]1CCCC[C@H]1OS(=O)(=O)c1ccc([NH+]([O-])O)cc1. The number of aliphatic hydroxyl groups is 1. The Bertz CT molecular complexity index is 1530. The Balaban J connectivity index is 0.000000259. The van der Waals surface area contributed by atoms with Crippen LogP contribution >= 0.6 is 10.7 Å². The van der Waals surface area contributed by atoms with Gasteiger partial charge in [0.2, 0.25) is 0 Å². The molecule has 2 aliphatic rings. The maximum atomic E-state index is 12.2. The number of benzene rings is 2. The molecule has 6 atom stereocenters. The van der Waals surface area contributed by atoms with Crippen LogP contribution in [0.5, 0.6) is 0 Å². The molecule has 248 valence electrons. The molecular formula is C24H33ClN8O10S2. The standard InChI is InChI=1S/C12H16N4O5S.C6H6ClNO4S.C6H11N3O/c13-15-14-11-3-1-2-4-12(11)21-22(19,20)10-7-5-9(6-8-10)16(17)18;7-13(11,12)6-3-1-5(2-4-6)8(9)10;7-9-8-5-3-1-2-4-6(5)10/h5-8,11-12,16-17H,1-4H2;1-4,8-9H;5-6,10H,1-4H2/t11-,12-;;5-,6-/m1.1/s1. The van der Waals surface area contributed by atoms with Crippen LogP contribution in [0.4, 0.5) is 11.4 Å². The normalized spacial score (nSPS) is 22.9. The smallest absolute Gasteiger partial charge is 0.297 e. The van der Waals surface area contributed by atoms with Crippen LogP contribution in [-0.2, 0) is 23.4 Å². The molecule has 2 unspecified atom stereocenters. The predicted molar refractivity (Wildman–Crippen MR) is 158 cm³/mol. The van der Waals surface area contributed by atoms with Gasteiger partial charge in [0.25, 0.3) is 19.2 Å². The molecule has 18 nitrogen and oxygen atoms in total. The molecule has 0 bridgehead atoms. The molecule has 0 radical (unpaired) electrons. The van der Waals surface area contributed by atoms with Gasteiger partial charge in [0.05, 0.1) is 34.1 Å². The van der Waals surface area contributed by atoms with Crippen molar-refractivity contribution < 1.29 is 47.0 Å². The number of quaternary nitrogens is 2. The average Bonchev–Trinajstić information content (AvgIpc) is 3.00. The second-order valence-corrected chi connectivity index (χ2v) is 14.0. The minimum Gasteiger partial charge on any atom is -0.595 e. The van der Waals surface area contributed by atoms with Crippen LogP contribution in [0.15, 0.2) is 68.6 Å². The molecule has 0 aromatic heterocycles. The molecule has 0 heterocycles. The van der Waals surface area contributed by atoms with Gasteiger partial charge in [0.15, 0.2) is 11.4 Å². The van der Waals surface area contributed by atoms with Crippen LogP contribution in [0.3, 0.4) is 0 Å². The molecule has 45 heavy (non-hydrogen) atoms. The van der Waals surface area contributed by atoms with E-state index in [9.17, 15) is 32.4 Å². The van der Waals surface area contributed by atoms with E-state index in [1.165, 1.54) is 36.4 Å². The summed E-state index contributed by atoms with van der Waals surface area (Å²) in [6.45, 7) is 0. The first-order valence-corrected chi connectivity index (χ1v) is 17.2. The molecule has 2 saturated carbocycles. The molecule has 2 aromatic rings. The number of nitrogens with one attached hydrogen (secondary N) is 2. The number of rotatable bonds is 8. The van der Waals surface area contributed by atoms with Gasteiger partial charge in [-0.1, -0.05) is 35.9 Å². The second-order valence-electron chi connectivity index (χ2n) is 9.87. The van der Waals surface area contributed by atoms with Gasteiger partial charge < -0.3 is 15.5 Å². The summed E-state index contributed by atoms with van der Waals surface area (Å²) in [6.07, 6.45) is 5.40. The molecular weight excluding hydrogens is 660 g/mol. The van der Waals surface area contributed by atoms with E-state index in [0.29, 0.717) is 12.8 Å². The topological polar surface area (TPSA) is 291 Å². The van der Waals surface area contributed by atoms with Crippen molar-refractivity contribution >= 4 is 41.2 Å². The maximum Gasteiger partial charge on any atom is 0.297 e. The zero-order chi connectivity index (χ0) is 33.6. The first kappa shape index (κ1) is 38.1. The highest BCUT2D eigenvalue weighted by molar-refractivity contribution is 8.13. The lowest BCUT2D eigenvalue weighted by Gasteiger charge is -2.27. The highest BCUT2D eigenvalue weighted by Crippen LogP contribution is 2.27. The minimum absolute atomic E-state index is 0.0106. The van der Waals surface area contributed by atoms with Gasteiger partial charge in [-0.05, 0) is 61.0 Å². The van der Waals surface area contributed by atoms with Crippen molar-refractivity contribution in [1.29, 1.82) is 0 Å². The van der Waals surface area contributed by atoms with Crippen molar-refractivity contribution in [1.82, 2.24) is 0 Å². The first-order valence-electron chi connectivity index (χ1n) is 13.5. The van der Waals surface area contributed by atoms with E-state index >= 15 is 0 Å². The lowest BCUT2D eigenvalue weighted by atomic mass is 9.93. The number of hydrogen-bond acceptors (Lipinski definition) is 12. The number of aliphatic hydroxyl groups excluding tert-OH is 1. The van der Waals surface area contributed by atoms with Crippen molar-refractivity contribution in [2.24, 2.45) is 10.2 Å². The Morgan fingerprint density at radius 2 is 1.18 bits per heavy atom. The lowest BCUT2D eigenvalue weighted by Crippen LogP contribution is -2.99. The van der Waals surface area contributed by atoms with Crippen molar-refractivity contribution in [2.45, 2.75) is 85.4 Å². The van der Waals surface area contributed by atoms with Crippen LogP contribution in [0, 0.1) is 10.4 Å². The van der Waals surface area contributed by atoms with Gasteiger partial charge in [-0.2, -0.15) is 18.9 Å². The third kappa shape index (κ3) is 12.7. The Kier molecular flexibility index (Phi) is 15.4. The molecule has 2 aromatic carbocycles. The zero-order valence-corrected chi connectivity index (χ0v) is 26.1. The van der Waals surface area contributed by atoms with E-state index in [2.05, 4.69) is 20.1 Å². The van der Waals surface area contributed by atoms with Crippen LogP contribution in [0.2, 0.25) is 0 Å².